The number of halogens is 2. The third-order valence-electron chi connectivity index (χ3n) is 2.54. The number of pyridine rings is 1. The molecule has 98 valence electrons. The minimum absolute atomic E-state index is 0.233. The average Bonchev–Trinajstić information content (AvgIpc) is 2.64. The molecule has 2 rings (SSSR count). The lowest BCUT2D eigenvalue weighted by Gasteiger charge is -2.08. The first-order valence-corrected chi connectivity index (χ1v) is 7.99. The van der Waals surface area contributed by atoms with Gasteiger partial charge in [0.1, 0.15) is 11.3 Å². The Morgan fingerprint density at radius 2 is 2.28 bits per heavy atom. The zero-order chi connectivity index (χ0) is 13.3. The monoisotopic (exact) mass is 305 g/mol. The summed E-state index contributed by atoms with van der Waals surface area (Å²) in [5.74, 6) is 1.28. The van der Waals surface area contributed by atoms with Crippen molar-refractivity contribution in [2.24, 2.45) is 0 Å². The van der Waals surface area contributed by atoms with Gasteiger partial charge in [0.25, 0.3) is 0 Å². The van der Waals surface area contributed by atoms with Crippen molar-refractivity contribution in [2.75, 3.05) is 12.0 Å². The fourth-order valence-electron chi connectivity index (χ4n) is 1.75. The van der Waals surface area contributed by atoms with E-state index in [1.807, 2.05) is 11.5 Å². The van der Waals surface area contributed by atoms with E-state index in [9.17, 15) is 4.21 Å². The summed E-state index contributed by atoms with van der Waals surface area (Å²) in [4.78, 5) is 8.71. The molecule has 2 aromatic heterocycles. The van der Waals surface area contributed by atoms with Crippen LogP contribution in [0, 0.1) is 0 Å². The third kappa shape index (κ3) is 2.84. The molecule has 2 unspecified atom stereocenters. The van der Waals surface area contributed by atoms with Gasteiger partial charge in [-0.2, -0.15) is 0 Å². The molecule has 0 aromatic carbocycles. The molecular formula is C11H13Cl2N3OS. The van der Waals surface area contributed by atoms with E-state index in [1.165, 1.54) is 0 Å². The van der Waals surface area contributed by atoms with E-state index in [1.54, 1.807) is 18.5 Å². The summed E-state index contributed by atoms with van der Waals surface area (Å²) >= 11 is 12.0. The van der Waals surface area contributed by atoms with Crippen LogP contribution in [-0.2, 0) is 17.3 Å². The second-order valence-corrected chi connectivity index (χ2v) is 6.66. The molecule has 0 amide bonds. The van der Waals surface area contributed by atoms with Gasteiger partial charge in [0, 0.05) is 35.5 Å². The molecule has 0 fully saturated rings. The van der Waals surface area contributed by atoms with Gasteiger partial charge in [-0.1, -0.05) is 11.6 Å². The van der Waals surface area contributed by atoms with E-state index in [2.05, 4.69) is 9.97 Å². The van der Waals surface area contributed by atoms with Gasteiger partial charge in [0.05, 0.1) is 10.4 Å². The highest BCUT2D eigenvalue weighted by molar-refractivity contribution is 7.84. The molecule has 0 radical (unpaired) electrons. The van der Waals surface area contributed by atoms with Crippen molar-refractivity contribution in [2.45, 2.75) is 18.8 Å². The summed E-state index contributed by atoms with van der Waals surface area (Å²) < 4.78 is 13.1. The van der Waals surface area contributed by atoms with Crippen LogP contribution in [-0.4, -0.2) is 30.8 Å². The number of hydrogen-bond acceptors (Lipinski definition) is 3. The molecule has 2 heterocycles. The maximum absolute atomic E-state index is 11.2. The number of fused-ring (bicyclic) bond motifs is 1. The van der Waals surface area contributed by atoms with Crippen LogP contribution in [0.5, 0.6) is 0 Å². The molecule has 0 bridgehead atoms. The topological polar surface area (TPSA) is 47.8 Å². The van der Waals surface area contributed by atoms with Crippen molar-refractivity contribution in [3.05, 3.63) is 23.1 Å². The zero-order valence-corrected chi connectivity index (χ0v) is 12.4. The van der Waals surface area contributed by atoms with Gasteiger partial charge in [-0.3, -0.25) is 4.21 Å². The molecular weight excluding hydrogens is 293 g/mol. The van der Waals surface area contributed by atoms with Crippen LogP contribution in [0.2, 0.25) is 5.02 Å². The molecule has 2 aromatic rings. The van der Waals surface area contributed by atoms with E-state index in [-0.39, 0.29) is 5.38 Å². The molecule has 0 aliphatic heterocycles. The number of aryl methyl sites for hydroxylation is 1. The van der Waals surface area contributed by atoms with E-state index < -0.39 is 10.8 Å². The average molecular weight is 306 g/mol. The van der Waals surface area contributed by atoms with E-state index in [0.717, 1.165) is 11.5 Å². The van der Waals surface area contributed by atoms with Gasteiger partial charge >= 0.3 is 0 Å². The lowest BCUT2D eigenvalue weighted by atomic mass is 10.4. The molecule has 0 aliphatic carbocycles. The Kier molecular flexibility index (Phi) is 4.25. The van der Waals surface area contributed by atoms with Gasteiger partial charge in [-0.05, 0) is 13.0 Å². The highest BCUT2D eigenvalue weighted by atomic mass is 35.5. The first-order chi connectivity index (χ1) is 8.49. The lowest BCUT2D eigenvalue weighted by Crippen LogP contribution is -2.10. The quantitative estimate of drug-likeness (QED) is 0.816. The number of nitrogens with zero attached hydrogens (tertiary/aromatic N) is 3. The molecule has 2 atom stereocenters. The number of aromatic nitrogens is 3. The molecule has 0 N–H and O–H groups in total. The predicted octanol–water partition coefficient (Wildman–Crippen LogP) is 2.76. The van der Waals surface area contributed by atoms with E-state index >= 15 is 0 Å². The lowest BCUT2D eigenvalue weighted by molar-refractivity contribution is 0.671. The van der Waals surface area contributed by atoms with Crippen molar-refractivity contribution in [3.8, 4) is 0 Å². The van der Waals surface area contributed by atoms with Gasteiger partial charge in [-0.25, -0.2) is 9.97 Å². The Hall–Kier alpha value is -0.650. The smallest absolute Gasteiger partial charge is 0.160 e. The zero-order valence-electron chi connectivity index (χ0n) is 10.1. The maximum Gasteiger partial charge on any atom is 0.160 e. The first-order valence-electron chi connectivity index (χ1n) is 5.45. The minimum Gasteiger partial charge on any atom is -0.311 e. The van der Waals surface area contributed by atoms with Gasteiger partial charge in [0.2, 0.25) is 0 Å². The predicted molar refractivity (Wildman–Crippen MR) is 75.7 cm³/mol. The fraction of sp³-hybridized carbons (Fsp3) is 0.455. The number of imidazole rings is 1. The SMILES string of the molecule is CC(Cl)c1nc2cc(Cl)cnc2n1CCS(C)=O. The Balaban J connectivity index is 2.52. The van der Waals surface area contributed by atoms with Crippen molar-refractivity contribution in [1.82, 2.24) is 14.5 Å². The molecule has 0 spiro atoms. The van der Waals surface area contributed by atoms with E-state index in [4.69, 9.17) is 23.2 Å². The highest BCUT2D eigenvalue weighted by Gasteiger charge is 2.16. The summed E-state index contributed by atoms with van der Waals surface area (Å²) in [6.07, 6.45) is 3.25. The fourth-order valence-corrected chi connectivity index (χ4v) is 2.51. The van der Waals surface area contributed by atoms with Gasteiger partial charge in [-0.15, -0.1) is 11.6 Å². The minimum atomic E-state index is -0.865. The molecule has 7 heteroatoms. The molecule has 4 nitrogen and oxygen atoms in total. The number of alkyl halides is 1. The normalized spacial score (nSPS) is 14.9. The summed E-state index contributed by atoms with van der Waals surface area (Å²) in [5.41, 5.74) is 1.44. The Bertz CT molecular complexity index is 597. The Labute approximate surface area is 118 Å². The van der Waals surface area contributed by atoms with Crippen molar-refractivity contribution in [3.63, 3.8) is 0 Å². The standard InChI is InChI=1S/C11H13Cl2N3OS/c1-7(12)10-15-9-5-8(13)6-14-11(9)16(10)3-4-18(2)17/h5-7H,3-4H2,1-2H3. The first kappa shape index (κ1) is 13.8. The molecule has 0 saturated heterocycles. The van der Waals surface area contributed by atoms with Crippen LogP contribution in [0.15, 0.2) is 12.3 Å². The van der Waals surface area contributed by atoms with Crippen molar-refractivity contribution in [1.29, 1.82) is 0 Å². The van der Waals surface area contributed by atoms with E-state index in [0.29, 0.717) is 22.8 Å². The number of hydrogen-bond donors (Lipinski definition) is 0. The van der Waals surface area contributed by atoms with Crippen molar-refractivity contribution < 1.29 is 4.21 Å². The molecule has 0 saturated carbocycles. The largest absolute Gasteiger partial charge is 0.311 e. The van der Waals surface area contributed by atoms with Crippen LogP contribution < -0.4 is 0 Å². The summed E-state index contributed by atoms with van der Waals surface area (Å²) in [6.45, 7) is 2.43. The second kappa shape index (κ2) is 5.55. The number of rotatable bonds is 4. The van der Waals surface area contributed by atoms with Crippen molar-refractivity contribution >= 4 is 45.2 Å². The Morgan fingerprint density at radius 1 is 1.56 bits per heavy atom. The summed E-state index contributed by atoms with van der Waals surface area (Å²) in [6, 6.07) is 1.76. The van der Waals surface area contributed by atoms with Crippen LogP contribution in [0.3, 0.4) is 0 Å². The third-order valence-corrected chi connectivity index (χ3v) is 3.70. The van der Waals surface area contributed by atoms with Gasteiger partial charge < -0.3 is 4.57 Å². The Morgan fingerprint density at radius 3 is 2.89 bits per heavy atom. The second-order valence-electron chi connectivity index (χ2n) is 4.01. The summed E-state index contributed by atoms with van der Waals surface area (Å²) in [7, 11) is -0.865. The van der Waals surface area contributed by atoms with Gasteiger partial charge in [0.15, 0.2) is 5.65 Å². The van der Waals surface area contributed by atoms with Crippen LogP contribution in [0.25, 0.3) is 11.2 Å². The van der Waals surface area contributed by atoms with Crippen LogP contribution in [0.4, 0.5) is 0 Å². The maximum atomic E-state index is 11.2. The molecule has 18 heavy (non-hydrogen) atoms. The van der Waals surface area contributed by atoms with Crippen LogP contribution in [0.1, 0.15) is 18.1 Å². The highest BCUT2D eigenvalue weighted by Crippen LogP contribution is 2.24. The van der Waals surface area contributed by atoms with Crippen LogP contribution >= 0.6 is 23.2 Å². The molecule has 0 aliphatic rings. The summed E-state index contributed by atoms with van der Waals surface area (Å²) in [5, 5.41) is 0.309.